The number of rotatable bonds is 4. The van der Waals surface area contributed by atoms with E-state index in [0.717, 1.165) is 4.52 Å². The Hall–Kier alpha value is -2.96. The minimum absolute atomic E-state index is 0.0851. The van der Waals surface area contributed by atoms with Crippen LogP contribution in [-0.2, 0) is 10.0 Å². The van der Waals surface area contributed by atoms with Gasteiger partial charge < -0.3 is 4.98 Å². The summed E-state index contributed by atoms with van der Waals surface area (Å²) in [7, 11) is -2.29. The number of nitriles is 1. The van der Waals surface area contributed by atoms with Crippen molar-refractivity contribution in [3.8, 4) is 17.3 Å². The number of nitrogens with zero attached hydrogens (tertiary/aromatic N) is 3. The third-order valence-electron chi connectivity index (χ3n) is 4.10. The highest BCUT2D eigenvalue weighted by Gasteiger charge is 2.20. The Balaban J connectivity index is 2.38. The van der Waals surface area contributed by atoms with Crippen LogP contribution in [0.5, 0.6) is 0 Å². The zero-order valence-electron chi connectivity index (χ0n) is 14.4. The predicted octanol–water partition coefficient (Wildman–Crippen LogP) is 1.59. The molecule has 3 rings (SSSR count). The molecule has 134 valence electrons. The van der Waals surface area contributed by atoms with Gasteiger partial charge in [-0.15, -0.1) is 0 Å². The van der Waals surface area contributed by atoms with Gasteiger partial charge in [0, 0.05) is 5.56 Å². The van der Waals surface area contributed by atoms with Crippen molar-refractivity contribution in [2.45, 2.75) is 24.7 Å². The van der Waals surface area contributed by atoms with Crippen LogP contribution in [0.1, 0.15) is 30.9 Å². The fraction of sp³-hybridized carbons (Fsp3) is 0.235. The fourth-order valence-corrected chi connectivity index (χ4v) is 3.59. The third-order valence-corrected chi connectivity index (χ3v) is 5.52. The lowest BCUT2D eigenvalue weighted by Crippen LogP contribution is -2.23. The molecule has 1 aromatic carbocycles. The number of H-pyrrole nitrogens is 1. The van der Waals surface area contributed by atoms with Crippen LogP contribution in [0.3, 0.4) is 0 Å². The molecule has 0 bridgehead atoms. The van der Waals surface area contributed by atoms with E-state index in [1.807, 2.05) is 19.9 Å². The number of hydrogen-bond acceptors (Lipinski definition) is 5. The lowest BCUT2D eigenvalue weighted by Gasteiger charge is -2.14. The number of sulfonamides is 1. The molecule has 9 heteroatoms. The highest BCUT2D eigenvalue weighted by atomic mass is 32.2. The van der Waals surface area contributed by atoms with Gasteiger partial charge in [-0.1, -0.05) is 26.0 Å². The van der Waals surface area contributed by atoms with Gasteiger partial charge in [0.2, 0.25) is 10.0 Å². The SMILES string of the molecule is CNS(=O)(=O)c1cccc(-c2[nH]c3c(C#N)cnn3c(=O)c2C(C)C)c1. The number of benzene rings is 1. The maximum atomic E-state index is 12.9. The highest BCUT2D eigenvalue weighted by Crippen LogP contribution is 2.27. The Morgan fingerprint density at radius 3 is 2.69 bits per heavy atom. The summed E-state index contributed by atoms with van der Waals surface area (Å²) in [6, 6.07) is 8.27. The molecule has 0 aliphatic heterocycles. The molecule has 26 heavy (non-hydrogen) atoms. The molecule has 0 saturated carbocycles. The van der Waals surface area contributed by atoms with Crippen molar-refractivity contribution in [1.29, 1.82) is 5.26 Å². The average Bonchev–Trinajstić information content (AvgIpc) is 3.04. The summed E-state index contributed by atoms with van der Waals surface area (Å²) in [5.41, 5.74) is 1.64. The highest BCUT2D eigenvalue weighted by molar-refractivity contribution is 7.89. The third kappa shape index (κ3) is 2.79. The molecule has 2 aromatic heterocycles. The van der Waals surface area contributed by atoms with E-state index in [-0.39, 0.29) is 27.6 Å². The number of aromatic nitrogens is 3. The lowest BCUT2D eigenvalue weighted by molar-refractivity contribution is 0.588. The standard InChI is InChI=1S/C17H17N5O3S/c1-10(2)14-15(11-5-4-6-13(7-11)26(24,25)19-3)21-16-12(8-18)9-20-22(16)17(14)23/h4-7,9-10,19,21H,1-3H3. The first-order valence-electron chi connectivity index (χ1n) is 7.88. The largest absolute Gasteiger partial charge is 0.338 e. The number of nitrogens with one attached hydrogen (secondary N) is 2. The van der Waals surface area contributed by atoms with Crippen LogP contribution < -0.4 is 10.3 Å². The van der Waals surface area contributed by atoms with Gasteiger partial charge >= 0.3 is 0 Å². The molecule has 3 aromatic rings. The maximum absolute atomic E-state index is 12.9. The molecule has 0 spiro atoms. The van der Waals surface area contributed by atoms with Gasteiger partial charge in [0.25, 0.3) is 5.56 Å². The van der Waals surface area contributed by atoms with Crippen LogP contribution in [0.2, 0.25) is 0 Å². The quantitative estimate of drug-likeness (QED) is 0.721. The normalized spacial score (nSPS) is 11.8. The predicted molar refractivity (Wildman–Crippen MR) is 96.3 cm³/mol. The summed E-state index contributed by atoms with van der Waals surface area (Å²) < 4.78 is 27.6. The summed E-state index contributed by atoms with van der Waals surface area (Å²) in [4.78, 5) is 16.0. The molecule has 0 aliphatic carbocycles. The van der Waals surface area contributed by atoms with Gasteiger partial charge in [-0.05, 0) is 30.7 Å². The van der Waals surface area contributed by atoms with Gasteiger partial charge in [0.1, 0.15) is 11.6 Å². The van der Waals surface area contributed by atoms with Crippen molar-refractivity contribution in [2.75, 3.05) is 7.05 Å². The van der Waals surface area contributed by atoms with Crippen LogP contribution in [0.4, 0.5) is 0 Å². The molecule has 2 N–H and O–H groups in total. The minimum atomic E-state index is -3.63. The van der Waals surface area contributed by atoms with E-state index in [1.165, 1.54) is 25.4 Å². The van der Waals surface area contributed by atoms with E-state index in [0.29, 0.717) is 16.8 Å². The lowest BCUT2D eigenvalue weighted by atomic mass is 9.98. The Morgan fingerprint density at radius 1 is 1.35 bits per heavy atom. The first-order chi connectivity index (χ1) is 12.3. The smallest absolute Gasteiger partial charge is 0.278 e. The monoisotopic (exact) mass is 371 g/mol. The summed E-state index contributed by atoms with van der Waals surface area (Å²) in [6.07, 6.45) is 1.32. The second kappa shape index (κ2) is 6.40. The molecular formula is C17H17N5O3S. The molecular weight excluding hydrogens is 354 g/mol. The Labute approximate surface area is 150 Å². The van der Waals surface area contributed by atoms with Crippen LogP contribution in [-0.4, -0.2) is 30.1 Å². The van der Waals surface area contributed by atoms with Gasteiger partial charge in [0.05, 0.1) is 16.8 Å². The summed E-state index contributed by atoms with van der Waals surface area (Å²) >= 11 is 0. The first-order valence-corrected chi connectivity index (χ1v) is 9.36. The number of aromatic amines is 1. The molecule has 0 fully saturated rings. The molecule has 0 unspecified atom stereocenters. The molecule has 2 heterocycles. The summed E-state index contributed by atoms with van der Waals surface area (Å²) in [5.74, 6) is -0.141. The van der Waals surface area contributed by atoms with Crippen molar-refractivity contribution in [1.82, 2.24) is 19.3 Å². The minimum Gasteiger partial charge on any atom is -0.338 e. The van der Waals surface area contributed by atoms with E-state index in [9.17, 15) is 18.5 Å². The Bertz CT molecular complexity index is 1200. The zero-order valence-corrected chi connectivity index (χ0v) is 15.3. The molecule has 0 amide bonds. The van der Waals surface area contributed by atoms with E-state index < -0.39 is 10.0 Å². The van der Waals surface area contributed by atoms with E-state index in [4.69, 9.17) is 0 Å². The second-order valence-electron chi connectivity index (χ2n) is 6.04. The fourth-order valence-electron chi connectivity index (χ4n) is 2.81. The maximum Gasteiger partial charge on any atom is 0.278 e. The number of fused-ring (bicyclic) bond motifs is 1. The molecule has 0 saturated heterocycles. The Morgan fingerprint density at radius 2 is 2.08 bits per heavy atom. The topological polar surface area (TPSA) is 120 Å². The average molecular weight is 371 g/mol. The van der Waals surface area contributed by atoms with Gasteiger partial charge in [-0.2, -0.15) is 14.9 Å². The van der Waals surface area contributed by atoms with Crippen molar-refractivity contribution >= 4 is 15.7 Å². The van der Waals surface area contributed by atoms with E-state index in [2.05, 4.69) is 14.8 Å². The van der Waals surface area contributed by atoms with Crippen molar-refractivity contribution in [2.24, 2.45) is 0 Å². The molecule has 0 aliphatic rings. The molecule has 8 nitrogen and oxygen atoms in total. The van der Waals surface area contributed by atoms with Crippen molar-refractivity contribution in [3.63, 3.8) is 0 Å². The zero-order chi connectivity index (χ0) is 19.1. The summed E-state index contributed by atoms with van der Waals surface area (Å²) in [6.45, 7) is 3.73. The van der Waals surface area contributed by atoms with Crippen molar-refractivity contribution < 1.29 is 8.42 Å². The van der Waals surface area contributed by atoms with E-state index in [1.54, 1.807) is 12.1 Å². The van der Waals surface area contributed by atoms with Crippen LogP contribution in [0.15, 0.2) is 40.2 Å². The van der Waals surface area contributed by atoms with Gasteiger partial charge in [-0.25, -0.2) is 13.1 Å². The number of hydrogen-bond donors (Lipinski definition) is 2. The van der Waals surface area contributed by atoms with E-state index >= 15 is 0 Å². The van der Waals surface area contributed by atoms with Crippen LogP contribution in [0.25, 0.3) is 16.9 Å². The van der Waals surface area contributed by atoms with Crippen LogP contribution in [0, 0.1) is 11.3 Å². The Kier molecular flexibility index (Phi) is 4.39. The second-order valence-corrected chi connectivity index (χ2v) is 7.93. The van der Waals surface area contributed by atoms with Gasteiger partial charge in [-0.3, -0.25) is 4.79 Å². The summed E-state index contributed by atoms with van der Waals surface area (Å²) in [5, 5.41) is 13.2. The van der Waals surface area contributed by atoms with Crippen LogP contribution >= 0.6 is 0 Å². The molecule has 0 radical (unpaired) electrons. The van der Waals surface area contributed by atoms with Crippen molar-refractivity contribution in [3.05, 3.63) is 51.9 Å². The first kappa shape index (κ1) is 17.8. The van der Waals surface area contributed by atoms with Gasteiger partial charge in [0.15, 0.2) is 5.65 Å². The molecule has 0 atom stereocenters.